The Hall–Kier alpha value is -2.24. The van der Waals surface area contributed by atoms with E-state index in [0.29, 0.717) is 12.1 Å². The van der Waals surface area contributed by atoms with Crippen molar-refractivity contribution in [3.63, 3.8) is 0 Å². The summed E-state index contributed by atoms with van der Waals surface area (Å²) < 4.78 is 30.7. The van der Waals surface area contributed by atoms with Crippen LogP contribution in [-0.2, 0) is 30.0 Å². The molecule has 2 aromatic heterocycles. The number of hydrogen-bond acceptors (Lipinski definition) is 4. The molecule has 0 aliphatic rings. The van der Waals surface area contributed by atoms with E-state index in [9.17, 15) is 8.42 Å². The van der Waals surface area contributed by atoms with Crippen LogP contribution in [0, 0.1) is 3.57 Å². The Morgan fingerprint density at radius 2 is 1.79 bits per heavy atom. The van der Waals surface area contributed by atoms with Gasteiger partial charge in [-0.05, 0) is 58.5 Å². The molecular weight excluding hydrogens is 489 g/mol. The quantitative estimate of drug-likeness (QED) is 0.393. The summed E-state index contributed by atoms with van der Waals surface area (Å²) >= 11 is 2.14. The summed E-state index contributed by atoms with van der Waals surface area (Å²) in [4.78, 5) is 0.229. The molecule has 28 heavy (non-hydrogen) atoms. The molecule has 0 saturated carbocycles. The van der Waals surface area contributed by atoms with Crippen molar-refractivity contribution in [2.24, 2.45) is 7.05 Å². The largest absolute Gasteiger partial charge is 0.350 e. The highest BCUT2D eigenvalue weighted by atomic mass is 127. The van der Waals surface area contributed by atoms with E-state index in [2.05, 4.69) is 65.6 Å². The van der Waals surface area contributed by atoms with E-state index in [-0.39, 0.29) is 11.4 Å². The summed E-state index contributed by atoms with van der Waals surface area (Å²) in [6.07, 6.45) is 2.64. The number of H-pyrrole nitrogens is 1. The van der Waals surface area contributed by atoms with E-state index in [4.69, 9.17) is 0 Å². The minimum atomic E-state index is -3.61. The van der Waals surface area contributed by atoms with Crippen LogP contribution in [0.5, 0.6) is 0 Å². The third-order valence-corrected chi connectivity index (χ3v) is 6.73. The predicted octanol–water partition coefficient (Wildman–Crippen LogP) is 2.97. The van der Waals surface area contributed by atoms with E-state index < -0.39 is 10.0 Å². The molecule has 4 aromatic rings. The molecule has 144 valence electrons. The number of aromatic amines is 1. The van der Waals surface area contributed by atoms with Crippen LogP contribution in [0.2, 0.25) is 0 Å². The molecule has 0 aliphatic heterocycles. The number of rotatable bonds is 6. The zero-order valence-electron chi connectivity index (χ0n) is 15.1. The molecule has 9 heteroatoms. The van der Waals surface area contributed by atoms with Crippen LogP contribution >= 0.6 is 22.6 Å². The second kappa shape index (κ2) is 7.64. The van der Waals surface area contributed by atoms with Crippen LogP contribution in [0.4, 0.5) is 0 Å². The highest BCUT2D eigenvalue weighted by Crippen LogP contribution is 2.23. The van der Waals surface area contributed by atoms with Crippen LogP contribution in [0.1, 0.15) is 17.0 Å². The monoisotopic (exact) mass is 507 g/mol. The number of aromatic nitrogens is 4. The van der Waals surface area contributed by atoms with E-state index in [1.54, 1.807) is 24.3 Å². The molecule has 2 N–H and O–H groups in total. The van der Waals surface area contributed by atoms with Gasteiger partial charge in [0.25, 0.3) is 0 Å². The maximum absolute atomic E-state index is 12.5. The molecule has 0 fully saturated rings. The topological polar surface area (TPSA) is 92.7 Å². The minimum absolute atomic E-state index is 0.0743. The van der Waals surface area contributed by atoms with Crippen LogP contribution in [0.25, 0.3) is 10.9 Å². The fourth-order valence-corrected chi connectivity index (χ4v) is 4.51. The lowest BCUT2D eigenvalue weighted by Gasteiger charge is -2.06. The Labute approximate surface area is 176 Å². The lowest BCUT2D eigenvalue weighted by molar-refractivity contribution is 0.580. The SMILES string of the molecule is Cn1cc(Cc2n[nH]nc2CNS(=O)(=O)c2ccc(I)cc2)c2ccccc21. The fourth-order valence-electron chi connectivity index (χ4n) is 3.17. The first-order valence-corrected chi connectivity index (χ1v) is 11.2. The molecule has 0 unspecified atom stereocenters. The van der Waals surface area contributed by atoms with E-state index in [1.165, 1.54) is 0 Å². The van der Waals surface area contributed by atoms with Crippen molar-refractivity contribution in [3.8, 4) is 0 Å². The van der Waals surface area contributed by atoms with Crippen molar-refractivity contribution < 1.29 is 8.42 Å². The summed E-state index contributed by atoms with van der Waals surface area (Å²) in [6, 6.07) is 14.8. The van der Waals surface area contributed by atoms with E-state index in [0.717, 1.165) is 25.7 Å². The summed E-state index contributed by atoms with van der Waals surface area (Å²) in [5.41, 5.74) is 3.57. The summed E-state index contributed by atoms with van der Waals surface area (Å²) in [5, 5.41) is 12.1. The van der Waals surface area contributed by atoms with Crippen molar-refractivity contribution in [3.05, 3.63) is 75.2 Å². The zero-order valence-corrected chi connectivity index (χ0v) is 18.0. The molecule has 4 rings (SSSR count). The lowest BCUT2D eigenvalue weighted by atomic mass is 10.1. The Balaban J connectivity index is 1.54. The van der Waals surface area contributed by atoms with Gasteiger partial charge in [-0.3, -0.25) is 0 Å². The normalized spacial score (nSPS) is 11.9. The van der Waals surface area contributed by atoms with Gasteiger partial charge in [0.05, 0.1) is 17.1 Å². The van der Waals surface area contributed by atoms with Gasteiger partial charge in [0.1, 0.15) is 5.69 Å². The lowest BCUT2D eigenvalue weighted by Crippen LogP contribution is -2.24. The van der Waals surface area contributed by atoms with Gasteiger partial charge in [-0.1, -0.05) is 18.2 Å². The molecule has 0 atom stereocenters. The molecule has 0 saturated heterocycles. The molecule has 0 radical (unpaired) electrons. The van der Waals surface area contributed by atoms with Gasteiger partial charge in [0.2, 0.25) is 10.0 Å². The van der Waals surface area contributed by atoms with Gasteiger partial charge in [-0.25, -0.2) is 13.1 Å². The number of aryl methyl sites for hydroxylation is 1. The number of hydrogen-bond donors (Lipinski definition) is 2. The van der Waals surface area contributed by atoms with Gasteiger partial charge in [-0.2, -0.15) is 15.4 Å². The molecular formula is C19H18IN5O2S. The van der Waals surface area contributed by atoms with E-state index in [1.807, 2.05) is 19.2 Å². The molecule has 0 bridgehead atoms. The highest BCUT2D eigenvalue weighted by Gasteiger charge is 2.17. The first-order chi connectivity index (χ1) is 13.4. The second-order valence-corrected chi connectivity index (χ2v) is 9.47. The van der Waals surface area contributed by atoms with Crippen molar-refractivity contribution in [1.29, 1.82) is 0 Å². The molecule has 0 aliphatic carbocycles. The first-order valence-electron chi connectivity index (χ1n) is 8.61. The van der Waals surface area contributed by atoms with Crippen LogP contribution in [0.3, 0.4) is 0 Å². The third kappa shape index (κ3) is 3.82. The average Bonchev–Trinajstić information content (AvgIpc) is 3.26. The maximum Gasteiger partial charge on any atom is 0.240 e. The Bertz CT molecular complexity index is 1230. The molecule has 7 nitrogen and oxygen atoms in total. The van der Waals surface area contributed by atoms with Crippen LogP contribution in [-0.4, -0.2) is 28.4 Å². The molecule has 2 aromatic carbocycles. The summed E-state index contributed by atoms with van der Waals surface area (Å²) in [5.74, 6) is 0. The second-order valence-electron chi connectivity index (χ2n) is 6.45. The van der Waals surface area contributed by atoms with Crippen LogP contribution in [0.15, 0.2) is 59.6 Å². The number of nitrogens with one attached hydrogen (secondary N) is 2. The first kappa shape index (κ1) is 19.1. The fraction of sp³-hybridized carbons (Fsp3) is 0.158. The third-order valence-electron chi connectivity index (χ3n) is 4.59. The van der Waals surface area contributed by atoms with Crippen molar-refractivity contribution in [2.45, 2.75) is 17.9 Å². The molecule has 2 heterocycles. The Kier molecular flexibility index (Phi) is 5.21. The standard InChI is InChI=1S/C19H18IN5O2S/c1-25-12-13(16-4-2-3-5-19(16)25)10-17-18(23-24-22-17)11-21-28(26,27)15-8-6-14(20)7-9-15/h2-9,12,21H,10-11H2,1H3,(H,22,23,24). The van der Waals surface area contributed by atoms with Gasteiger partial charge in [0, 0.05) is 34.1 Å². The van der Waals surface area contributed by atoms with Gasteiger partial charge in [-0.15, -0.1) is 0 Å². The average molecular weight is 507 g/mol. The van der Waals surface area contributed by atoms with Crippen molar-refractivity contribution >= 4 is 43.5 Å². The number of para-hydroxylation sites is 1. The number of nitrogens with zero attached hydrogens (tertiary/aromatic N) is 3. The van der Waals surface area contributed by atoms with Crippen molar-refractivity contribution in [2.75, 3.05) is 0 Å². The van der Waals surface area contributed by atoms with E-state index >= 15 is 0 Å². The summed E-state index contributed by atoms with van der Waals surface area (Å²) in [7, 11) is -1.61. The van der Waals surface area contributed by atoms with Gasteiger partial charge >= 0.3 is 0 Å². The Morgan fingerprint density at radius 1 is 1.07 bits per heavy atom. The number of benzene rings is 2. The number of sulfonamides is 1. The molecule has 0 amide bonds. The van der Waals surface area contributed by atoms with Crippen molar-refractivity contribution in [1.82, 2.24) is 24.7 Å². The minimum Gasteiger partial charge on any atom is -0.350 e. The summed E-state index contributed by atoms with van der Waals surface area (Å²) in [6.45, 7) is 0.0743. The zero-order chi connectivity index (χ0) is 19.7. The smallest absolute Gasteiger partial charge is 0.240 e. The van der Waals surface area contributed by atoms with Gasteiger partial charge < -0.3 is 4.57 Å². The maximum atomic E-state index is 12.5. The molecule has 0 spiro atoms. The number of fused-ring (bicyclic) bond motifs is 1. The van der Waals surface area contributed by atoms with Gasteiger partial charge in [0.15, 0.2) is 0 Å². The highest BCUT2D eigenvalue weighted by molar-refractivity contribution is 14.1. The Morgan fingerprint density at radius 3 is 2.57 bits per heavy atom. The number of halogens is 1. The van der Waals surface area contributed by atoms with Crippen LogP contribution < -0.4 is 4.72 Å². The predicted molar refractivity (Wildman–Crippen MR) is 115 cm³/mol.